The number of halogens is 1. The molecule has 1 aromatic rings. The van der Waals surface area contributed by atoms with Crippen LogP contribution in [0.2, 0.25) is 5.02 Å². The maximum absolute atomic E-state index is 9.46. The van der Waals surface area contributed by atoms with Crippen LogP contribution in [-0.4, -0.2) is 7.11 Å². The van der Waals surface area contributed by atoms with Gasteiger partial charge in [-0.3, -0.25) is 0 Å². The van der Waals surface area contributed by atoms with E-state index in [1.54, 1.807) is 12.1 Å². The summed E-state index contributed by atoms with van der Waals surface area (Å²) in [5.74, 6) is 0.0569. The third-order valence-corrected chi connectivity index (χ3v) is 3.93. The van der Waals surface area contributed by atoms with Crippen molar-refractivity contribution in [1.82, 2.24) is 5.32 Å². The molecule has 106 valence electrons. The van der Waals surface area contributed by atoms with E-state index in [2.05, 4.69) is 17.5 Å². The van der Waals surface area contributed by atoms with Crippen molar-refractivity contribution in [2.45, 2.75) is 19.8 Å². The number of allylic oxidation sites excluding steroid dienone is 4. The molecule has 0 saturated carbocycles. The lowest BCUT2D eigenvalue weighted by Crippen LogP contribution is -2.23. The van der Waals surface area contributed by atoms with Crippen molar-refractivity contribution >= 4 is 11.6 Å². The zero-order valence-corrected chi connectivity index (χ0v) is 12.7. The summed E-state index contributed by atoms with van der Waals surface area (Å²) in [5.41, 5.74) is 3.15. The van der Waals surface area contributed by atoms with Gasteiger partial charge in [-0.1, -0.05) is 23.7 Å². The highest BCUT2D eigenvalue weighted by Gasteiger charge is 2.31. The second kappa shape index (κ2) is 5.91. The fraction of sp³-hybridized carbons (Fsp3) is 0.250. The third kappa shape index (κ3) is 2.46. The molecule has 0 amide bonds. The van der Waals surface area contributed by atoms with E-state index in [9.17, 15) is 10.5 Å². The molecule has 1 N–H and O–H groups in total. The van der Waals surface area contributed by atoms with Gasteiger partial charge in [-0.05, 0) is 25.5 Å². The predicted octanol–water partition coefficient (Wildman–Crippen LogP) is 3.63. The summed E-state index contributed by atoms with van der Waals surface area (Å²) < 4.78 is 5.22. The predicted molar refractivity (Wildman–Crippen MR) is 80.5 cm³/mol. The second-order valence-electron chi connectivity index (χ2n) is 4.72. The Morgan fingerprint density at radius 2 is 1.71 bits per heavy atom. The molecule has 0 atom stereocenters. The summed E-state index contributed by atoms with van der Waals surface area (Å²) >= 11 is 6.37. The van der Waals surface area contributed by atoms with E-state index in [1.807, 2.05) is 19.9 Å². The minimum atomic E-state index is -0.469. The van der Waals surface area contributed by atoms with Crippen molar-refractivity contribution in [3.63, 3.8) is 0 Å². The van der Waals surface area contributed by atoms with Crippen molar-refractivity contribution < 1.29 is 4.74 Å². The average molecular weight is 300 g/mol. The van der Waals surface area contributed by atoms with Crippen LogP contribution in [0.1, 0.15) is 25.3 Å². The minimum absolute atomic E-state index is 0.424. The first-order chi connectivity index (χ1) is 10.0. The Hall–Kier alpha value is -2.43. The van der Waals surface area contributed by atoms with Gasteiger partial charge in [-0.25, -0.2) is 0 Å². The van der Waals surface area contributed by atoms with Gasteiger partial charge in [-0.2, -0.15) is 10.5 Å². The molecule has 0 saturated heterocycles. The molecule has 0 spiro atoms. The van der Waals surface area contributed by atoms with Crippen LogP contribution in [0.4, 0.5) is 0 Å². The normalized spacial score (nSPS) is 15.3. The number of nitriles is 2. The fourth-order valence-corrected chi connectivity index (χ4v) is 2.82. The van der Waals surface area contributed by atoms with Gasteiger partial charge in [0.05, 0.1) is 41.3 Å². The molecule has 0 aromatic heterocycles. The van der Waals surface area contributed by atoms with Crippen molar-refractivity contribution in [2.75, 3.05) is 7.11 Å². The lowest BCUT2D eigenvalue weighted by atomic mass is 9.81. The molecule has 2 rings (SSSR count). The Kier molecular flexibility index (Phi) is 4.21. The van der Waals surface area contributed by atoms with Crippen LogP contribution >= 0.6 is 11.6 Å². The first-order valence-corrected chi connectivity index (χ1v) is 6.74. The quantitative estimate of drug-likeness (QED) is 0.905. The van der Waals surface area contributed by atoms with Crippen LogP contribution in [-0.2, 0) is 0 Å². The SMILES string of the molecule is COc1cccc(C2C(C#N)=C(C)NC(C)=C2C#N)c1Cl. The number of methoxy groups -OCH3 is 1. The monoisotopic (exact) mass is 299 g/mol. The zero-order chi connectivity index (χ0) is 15.6. The maximum atomic E-state index is 9.46. The molecular formula is C16H14ClN3O. The largest absolute Gasteiger partial charge is 0.495 e. The molecule has 0 aliphatic carbocycles. The Bertz CT molecular complexity index is 699. The molecule has 1 heterocycles. The lowest BCUT2D eigenvalue weighted by Gasteiger charge is -2.27. The van der Waals surface area contributed by atoms with E-state index in [-0.39, 0.29) is 0 Å². The summed E-state index contributed by atoms with van der Waals surface area (Å²) in [4.78, 5) is 0. The highest BCUT2D eigenvalue weighted by molar-refractivity contribution is 6.33. The summed E-state index contributed by atoms with van der Waals surface area (Å²) in [7, 11) is 1.53. The highest BCUT2D eigenvalue weighted by Crippen LogP contribution is 2.42. The molecule has 0 radical (unpaired) electrons. The van der Waals surface area contributed by atoms with E-state index < -0.39 is 5.92 Å². The van der Waals surface area contributed by atoms with Crippen molar-refractivity contribution in [3.8, 4) is 17.9 Å². The van der Waals surface area contributed by atoms with Gasteiger partial charge in [0.2, 0.25) is 0 Å². The summed E-state index contributed by atoms with van der Waals surface area (Å²) in [6.45, 7) is 3.63. The van der Waals surface area contributed by atoms with Gasteiger partial charge in [0.25, 0.3) is 0 Å². The van der Waals surface area contributed by atoms with E-state index in [0.717, 1.165) is 11.4 Å². The van der Waals surface area contributed by atoms with Gasteiger partial charge in [-0.15, -0.1) is 0 Å². The first-order valence-electron chi connectivity index (χ1n) is 6.36. The molecule has 1 aliphatic rings. The van der Waals surface area contributed by atoms with Crippen molar-refractivity contribution in [3.05, 3.63) is 51.3 Å². The standard InChI is InChI=1S/C16H14ClN3O/c1-9-12(7-18)15(13(8-19)10(2)20-9)11-5-4-6-14(21-3)16(11)17/h4-6,15,20H,1-3H3. The maximum Gasteiger partial charge on any atom is 0.137 e. The van der Waals surface area contributed by atoms with Gasteiger partial charge in [0, 0.05) is 11.4 Å². The van der Waals surface area contributed by atoms with Gasteiger partial charge in [0.1, 0.15) is 5.75 Å². The molecule has 0 unspecified atom stereocenters. The van der Waals surface area contributed by atoms with E-state index >= 15 is 0 Å². The summed E-state index contributed by atoms with van der Waals surface area (Å²) in [6.07, 6.45) is 0. The number of nitrogens with one attached hydrogen (secondary N) is 1. The smallest absolute Gasteiger partial charge is 0.137 e. The molecule has 21 heavy (non-hydrogen) atoms. The van der Waals surface area contributed by atoms with Crippen LogP contribution in [0.5, 0.6) is 5.75 Å². The number of dihydropyridines is 1. The van der Waals surface area contributed by atoms with Gasteiger partial charge < -0.3 is 10.1 Å². The van der Waals surface area contributed by atoms with Crippen LogP contribution in [0, 0.1) is 22.7 Å². The summed E-state index contributed by atoms with van der Waals surface area (Å²) in [6, 6.07) is 9.73. The molecule has 0 bridgehead atoms. The molecule has 5 heteroatoms. The molecule has 1 aromatic carbocycles. The number of benzene rings is 1. The van der Waals surface area contributed by atoms with Crippen LogP contribution in [0.3, 0.4) is 0 Å². The fourth-order valence-electron chi connectivity index (χ4n) is 2.51. The average Bonchev–Trinajstić information content (AvgIpc) is 2.47. The topological polar surface area (TPSA) is 68.8 Å². The van der Waals surface area contributed by atoms with Gasteiger partial charge >= 0.3 is 0 Å². The molecular weight excluding hydrogens is 286 g/mol. The number of rotatable bonds is 2. The van der Waals surface area contributed by atoms with Crippen LogP contribution in [0.15, 0.2) is 40.7 Å². The van der Waals surface area contributed by atoms with E-state index in [1.165, 1.54) is 7.11 Å². The minimum Gasteiger partial charge on any atom is -0.495 e. The molecule has 0 fully saturated rings. The first kappa shape index (κ1) is 15.0. The third-order valence-electron chi connectivity index (χ3n) is 3.53. The van der Waals surface area contributed by atoms with Crippen LogP contribution < -0.4 is 10.1 Å². The number of hydrogen-bond acceptors (Lipinski definition) is 4. The lowest BCUT2D eigenvalue weighted by molar-refractivity contribution is 0.414. The number of hydrogen-bond donors (Lipinski definition) is 1. The Labute approximate surface area is 128 Å². The van der Waals surface area contributed by atoms with Gasteiger partial charge in [0.15, 0.2) is 0 Å². The Morgan fingerprint density at radius 1 is 1.14 bits per heavy atom. The molecule has 4 nitrogen and oxygen atoms in total. The Morgan fingerprint density at radius 3 is 2.19 bits per heavy atom. The number of ether oxygens (including phenoxy) is 1. The number of nitrogens with zero attached hydrogens (tertiary/aromatic N) is 2. The van der Waals surface area contributed by atoms with E-state index in [4.69, 9.17) is 16.3 Å². The Balaban J connectivity index is 2.72. The van der Waals surface area contributed by atoms with Crippen molar-refractivity contribution in [1.29, 1.82) is 10.5 Å². The van der Waals surface area contributed by atoms with Crippen molar-refractivity contribution in [2.24, 2.45) is 0 Å². The van der Waals surface area contributed by atoms with Crippen LogP contribution in [0.25, 0.3) is 0 Å². The second-order valence-corrected chi connectivity index (χ2v) is 5.10. The summed E-state index contributed by atoms with van der Waals surface area (Å²) in [5, 5.41) is 22.4. The highest BCUT2D eigenvalue weighted by atomic mass is 35.5. The van der Waals surface area contributed by atoms with E-state index in [0.29, 0.717) is 27.5 Å². The zero-order valence-electron chi connectivity index (χ0n) is 12.0. The molecule has 1 aliphatic heterocycles.